The van der Waals surface area contributed by atoms with Gasteiger partial charge in [-0.3, -0.25) is 0 Å². The predicted octanol–water partition coefficient (Wildman–Crippen LogP) is 2.05. The van der Waals surface area contributed by atoms with Crippen LogP contribution in [0.1, 0.15) is 25.0 Å². The van der Waals surface area contributed by atoms with Crippen LogP contribution in [-0.4, -0.2) is 58.3 Å². The molecule has 2 rings (SSSR count). The molecule has 0 radical (unpaired) electrons. The average molecular weight is 360 g/mol. The Kier molecular flexibility index (Phi) is 6.27. The van der Waals surface area contributed by atoms with Gasteiger partial charge in [-0.1, -0.05) is 29.4 Å². The number of halogens is 1. The SMILES string of the molecule is C=CCC(O)c1c(Cl)nc(SC)nc1N1CCOC[C@@](C)(O)C1. The summed E-state index contributed by atoms with van der Waals surface area (Å²) in [6.45, 7) is 6.96. The molecule has 0 aromatic carbocycles. The molecule has 0 bridgehead atoms. The standard InChI is InChI=1S/C15H22ClN3O3S/c1-4-5-10(20)11-12(16)17-14(23-3)18-13(11)19-6-7-22-9-15(2,21)8-19/h4,10,20-21H,1,5-9H2,2-3H3/t10?,15-/m0/s1. The van der Waals surface area contributed by atoms with E-state index >= 15 is 0 Å². The Morgan fingerprint density at radius 1 is 1.57 bits per heavy atom. The van der Waals surface area contributed by atoms with E-state index < -0.39 is 11.7 Å². The predicted molar refractivity (Wildman–Crippen MR) is 92.3 cm³/mol. The summed E-state index contributed by atoms with van der Waals surface area (Å²) in [5, 5.41) is 21.5. The highest BCUT2D eigenvalue weighted by Crippen LogP contribution is 2.34. The molecule has 1 saturated heterocycles. The summed E-state index contributed by atoms with van der Waals surface area (Å²) in [5.41, 5.74) is -0.546. The topological polar surface area (TPSA) is 78.7 Å². The Balaban J connectivity index is 2.48. The zero-order valence-electron chi connectivity index (χ0n) is 13.3. The minimum absolute atomic E-state index is 0.221. The number of aliphatic hydroxyl groups excluding tert-OH is 1. The maximum absolute atomic E-state index is 10.4. The van der Waals surface area contributed by atoms with Crippen LogP contribution in [0.25, 0.3) is 0 Å². The van der Waals surface area contributed by atoms with E-state index in [1.165, 1.54) is 11.8 Å². The lowest BCUT2D eigenvalue weighted by molar-refractivity contribution is -0.0123. The van der Waals surface area contributed by atoms with Crippen molar-refractivity contribution in [1.82, 2.24) is 9.97 Å². The summed E-state index contributed by atoms with van der Waals surface area (Å²) in [6.07, 6.45) is 2.97. The Morgan fingerprint density at radius 2 is 2.30 bits per heavy atom. The minimum Gasteiger partial charge on any atom is -0.388 e. The van der Waals surface area contributed by atoms with Crippen LogP contribution in [0.5, 0.6) is 0 Å². The summed E-state index contributed by atoms with van der Waals surface area (Å²) in [7, 11) is 0. The first-order chi connectivity index (χ1) is 10.9. The number of β-amino-alcohol motifs (C(OH)–C–C–N with tert-alkyl or cyclic N) is 1. The first-order valence-corrected chi connectivity index (χ1v) is 8.93. The van der Waals surface area contributed by atoms with Crippen LogP contribution < -0.4 is 4.90 Å². The van der Waals surface area contributed by atoms with Gasteiger partial charge in [0.2, 0.25) is 0 Å². The number of nitrogens with zero attached hydrogens (tertiary/aromatic N) is 3. The summed E-state index contributed by atoms with van der Waals surface area (Å²) >= 11 is 7.67. The molecule has 23 heavy (non-hydrogen) atoms. The highest BCUT2D eigenvalue weighted by Gasteiger charge is 2.31. The van der Waals surface area contributed by atoms with Crippen LogP contribution in [0.2, 0.25) is 5.15 Å². The number of rotatable bonds is 5. The second kappa shape index (κ2) is 7.81. The van der Waals surface area contributed by atoms with Crippen LogP contribution in [0.4, 0.5) is 5.82 Å². The maximum Gasteiger partial charge on any atom is 0.190 e. The molecule has 1 unspecified atom stereocenters. The van der Waals surface area contributed by atoms with E-state index in [-0.39, 0.29) is 11.8 Å². The third-order valence-electron chi connectivity index (χ3n) is 3.51. The monoisotopic (exact) mass is 359 g/mol. The molecule has 8 heteroatoms. The number of anilines is 1. The van der Waals surface area contributed by atoms with Gasteiger partial charge in [0.15, 0.2) is 5.16 Å². The molecular formula is C15H22ClN3O3S. The van der Waals surface area contributed by atoms with E-state index in [1.54, 1.807) is 13.0 Å². The van der Waals surface area contributed by atoms with Gasteiger partial charge in [-0.2, -0.15) is 0 Å². The van der Waals surface area contributed by atoms with Crippen molar-refractivity contribution < 1.29 is 14.9 Å². The molecule has 1 aromatic rings. The molecule has 0 amide bonds. The van der Waals surface area contributed by atoms with Gasteiger partial charge in [0.25, 0.3) is 0 Å². The smallest absolute Gasteiger partial charge is 0.190 e. The average Bonchev–Trinajstić information content (AvgIpc) is 2.67. The van der Waals surface area contributed by atoms with Gasteiger partial charge in [-0.25, -0.2) is 9.97 Å². The van der Waals surface area contributed by atoms with Crippen molar-refractivity contribution >= 4 is 29.2 Å². The molecule has 128 valence electrons. The zero-order valence-corrected chi connectivity index (χ0v) is 14.9. The van der Waals surface area contributed by atoms with Crippen molar-refractivity contribution in [1.29, 1.82) is 0 Å². The van der Waals surface area contributed by atoms with Gasteiger partial charge in [0, 0.05) is 6.54 Å². The van der Waals surface area contributed by atoms with Crippen molar-refractivity contribution in [2.45, 2.75) is 30.2 Å². The van der Waals surface area contributed by atoms with E-state index in [0.29, 0.717) is 42.7 Å². The summed E-state index contributed by atoms with van der Waals surface area (Å²) in [6, 6.07) is 0. The third kappa shape index (κ3) is 4.58. The van der Waals surface area contributed by atoms with Gasteiger partial charge in [-0.15, -0.1) is 6.58 Å². The Morgan fingerprint density at radius 3 is 2.96 bits per heavy atom. The molecule has 0 saturated carbocycles. The van der Waals surface area contributed by atoms with Gasteiger partial charge < -0.3 is 19.8 Å². The number of thioether (sulfide) groups is 1. The molecule has 1 fully saturated rings. The number of aromatic nitrogens is 2. The molecule has 6 nitrogen and oxygen atoms in total. The number of aliphatic hydroxyl groups is 2. The Labute approximate surface area is 145 Å². The van der Waals surface area contributed by atoms with E-state index in [2.05, 4.69) is 16.5 Å². The fourth-order valence-corrected chi connectivity index (χ4v) is 3.19. The molecular weight excluding hydrogens is 338 g/mol. The van der Waals surface area contributed by atoms with Gasteiger partial charge in [-0.05, 0) is 19.6 Å². The normalized spacial score (nSPS) is 23.4. The van der Waals surface area contributed by atoms with Crippen LogP contribution in [0, 0.1) is 0 Å². The van der Waals surface area contributed by atoms with Crippen molar-refractivity contribution in [2.24, 2.45) is 0 Å². The molecule has 2 heterocycles. The minimum atomic E-state index is -1.01. The van der Waals surface area contributed by atoms with E-state index in [9.17, 15) is 10.2 Å². The molecule has 2 atom stereocenters. The Bertz CT molecular complexity index is 571. The van der Waals surface area contributed by atoms with Crippen LogP contribution in [0.15, 0.2) is 17.8 Å². The quantitative estimate of drug-likeness (QED) is 0.360. The van der Waals surface area contributed by atoms with Crippen molar-refractivity contribution in [3.8, 4) is 0 Å². The fraction of sp³-hybridized carbons (Fsp3) is 0.600. The van der Waals surface area contributed by atoms with Crippen molar-refractivity contribution in [2.75, 3.05) is 37.5 Å². The lowest BCUT2D eigenvalue weighted by Gasteiger charge is -2.30. The van der Waals surface area contributed by atoms with Crippen LogP contribution >= 0.6 is 23.4 Å². The second-order valence-corrected chi connectivity index (χ2v) is 6.88. The van der Waals surface area contributed by atoms with Gasteiger partial charge in [0.05, 0.1) is 31.4 Å². The molecule has 0 aliphatic carbocycles. The highest BCUT2D eigenvalue weighted by molar-refractivity contribution is 7.98. The van der Waals surface area contributed by atoms with E-state index in [1.807, 2.05) is 11.2 Å². The van der Waals surface area contributed by atoms with Crippen molar-refractivity contribution in [3.05, 3.63) is 23.4 Å². The molecule has 1 aliphatic rings. The number of hydrogen-bond donors (Lipinski definition) is 2. The van der Waals surface area contributed by atoms with Crippen LogP contribution in [-0.2, 0) is 4.74 Å². The van der Waals surface area contributed by atoms with E-state index in [0.717, 1.165) is 0 Å². The first kappa shape index (κ1) is 18.5. The van der Waals surface area contributed by atoms with Crippen LogP contribution in [0.3, 0.4) is 0 Å². The number of ether oxygens (including phenoxy) is 1. The molecule has 2 N–H and O–H groups in total. The first-order valence-electron chi connectivity index (χ1n) is 7.33. The third-order valence-corrected chi connectivity index (χ3v) is 4.35. The van der Waals surface area contributed by atoms with Gasteiger partial charge >= 0.3 is 0 Å². The van der Waals surface area contributed by atoms with Gasteiger partial charge in [0.1, 0.15) is 16.6 Å². The lowest BCUT2D eigenvalue weighted by Crippen LogP contribution is -2.42. The largest absolute Gasteiger partial charge is 0.388 e. The summed E-state index contributed by atoms with van der Waals surface area (Å²) < 4.78 is 5.44. The summed E-state index contributed by atoms with van der Waals surface area (Å²) in [5.74, 6) is 0.537. The second-order valence-electron chi connectivity index (χ2n) is 5.75. The summed E-state index contributed by atoms with van der Waals surface area (Å²) in [4.78, 5) is 10.6. The van der Waals surface area contributed by atoms with Crippen molar-refractivity contribution in [3.63, 3.8) is 0 Å². The highest BCUT2D eigenvalue weighted by atomic mass is 35.5. The molecule has 1 aromatic heterocycles. The van der Waals surface area contributed by atoms with E-state index in [4.69, 9.17) is 16.3 Å². The zero-order chi connectivity index (χ0) is 17.0. The number of hydrogen-bond acceptors (Lipinski definition) is 7. The molecule has 1 aliphatic heterocycles. The fourth-order valence-electron chi connectivity index (χ4n) is 2.49. The Hall–Kier alpha value is -0.860. The maximum atomic E-state index is 10.4. The molecule has 0 spiro atoms. The lowest BCUT2D eigenvalue weighted by atomic mass is 10.1.